The molecule has 1 aliphatic heterocycles. The second-order valence-corrected chi connectivity index (χ2v) is 8.73. The fourth-order valence-corrected chi connectivity index (χ4v) is 4.51. The molecule has 33 heavy (non-hydrogen) atoms. The van der Waals surface area contributed by atoms with Gasteiger partial charge in [0, 0.05) is 57.2 Å². The van der Waals surface area contributed by atoms with Crippen LogP contribution in [0.4, 0.5) is 9.52 Å². The Hall–Kier alpha value is -3.04. The smallest absolute Gasteiger partial charge is 0.224 e. The fraction of sp³-hybridized carbons (Fsp3) is 0.375. The third kappa shape index (κ3) is 6.72. The van der Waals surface area contributed by atoms with Crippen LogP contribution in [0, 0.1) is 5.82 Å². The van der Waals surface area contributed by atoms with Gasteiger partial charge in [-0.3, -0.25) is 9.69 Å². The number of hydrogen-bond acceptors (Lipinski definition) is 7. The first-order chi connectivity index (χ1) is 16.1. The SMILES string of the molecule is COc1cccc(Cc2nsc(N3CCN(CCNC(=O)Cc4ccc(F)cc4)CC3)n2)c1. The molecule has 9 heteroatoms. The van der Waals surface area contributed by atoms with Gasteiger partial charge in [-0.05, 0) is 35.4 Å². The molecule has 1 amide bonds. The van der Waals surface area contributed by atoms with E-state index in [-0.39, 0.29) is 18.1 Å². The van der Waals surface area contributed by atoms with Crippen molar-refractivity contribution in [3.05, 3.63) is 71.3 Å². The van der Waals surface area contributed by atoms with Crippen LogP contribution < -0.4 is 15.0 Å². The number of ether oxygens (including phenoxy) is 1. The Bertz CT molecular complexity index is 1050. The standard InChI is InChI=1S/C24H28FN5O2S/c1-32-21-4-2-3-19(15-21)16-22-27-24(33-28-22)30-13-11-29(12-14-30)10-9-26-23(31)17-18-5-7-20(25)8-6-18/h2-8,15H,9-14,16-17H2,1H3,(H,26,31). The van der Waals surface area contributed by atoms with Gasteiger partial charge in [0.15, 0.2) is 0 Å². The minimum Gasteiger partial charge on any atom is -0.497 e. The van der Waals surface area contributed by atoms with E-state index in [1.165, 1.54) is 23.7 Å². The molecule has 1 saturated heterocycles. The second kappa shape index (κ2) is 11.2. The number of rotatable bonds is 9. The summed E-state index contributed by atoms with van der Waals surface area (Å²) in [5.74, 6) is 1.33. The van der Waals surface area contributed by atoms with E-state index in [1.807, 2.05) is 18.2 Å². The maximum Gasteiger partial charge on any atom is 0.224 e. The number of carbonyl (C=O) groups is 1. The molecule has 1 fully saturated rings. The summed E-state index contributed by atoms with van der Waals surface area (Å²) in [6.45, 7) is 5.01. The first kappa shape index (κ1) is 23.1. The Morgan fingerprint density at radius 3 is 2.67 bits per heavy atom. The van der Waals surface area contributed by atoms with Crippen molar-refractivity contribution in [3.8, 4) is 5.75 Å². The van der Waals surface area contributed by atoms with Gasteiger partial charge in [-0.2, -0.15) is 4.37 Å². The molecular formula is C24H28FN5O2S. The predicted molar refractivity (Wildman–Crippen MR) is 127 cm³/mol. The molecule has 0 radical (unpaired) electrons. The highest BCUT2D eigenvalue weighted by Crippen LogP contribution is 2.21. The van der Waals surface area contributed by atoms with Gasteiger partial charge in [0.25, 0.3) is 0 Å². The van der Waals surface area contributed by atoms with E-state index in [0.717, 1.165) is 60.6 Å². The molecule has 0 atom stereocenters. The Kier molecular flexibility index (Phi) is 7.85. The molecule has 3 aromatic rings. The zero-order chi connectivity index (χ0) is 23.0. The molecule has 2 aromatic carbocycles. The molecule has 4 rings (SSSR count). The number of methoxy groups -OCH3 is 1. The fourth-order valence-electron chi connectivity index (χ4n) is 3.78. The highest BCUT2D eigenvalue weighted by molar-refractivity contribution is 7.09. The third-order valence-corrected chi connectivity index (χ3v) is 6.44. The van der Waals surface area contributed by atoms with Crippen molar-refractivity contribution < 1.29 is 13.9 Å². The number of nitrogens with zero attached hydrogens (tertiary/aromatic N) is 4. The summed E-state index contributed by atoms with van der Waals surface area (Å²) in [5, 5.41) is 3.91. The van der Waals surface area contributed by atoms with Gasteiger partial charge in [0.2, 0.25) is 11.0 Å². The van der Waals surface area contributed by atoms with E-state index in [0.29, 0.717) is 13.0 Å². The monoisotopic (exact) mass is 469 g/mol. The summed E-state index contributed by atoms with van der Waals surface area (Å²) in [6, 6.07) is 14.0. The molecule has 2 heterocycles. The van der Waals surface area contributed by atoms with Gasteiger partial charge in [-0.25, -0.2) is 9.37 Å². The summed E-state index contributed by atoms with van der Waals surface area (Å²) < 4.78 is 22.8. The zero-order valence-corrected chi connectivity index (χ0v) is 19.5. The van der Waals surface area contributed by atoms with Crippen LogP contribution in [-0.2, 0) is 17.6 Å². The van der Waals surface area contributed by atoms with Gasteiger partial charge < -0.3 is 15.0 Å². The first-order valence-corrected chi connectivity index (χ1v) is 11.8. The van der Waals surface area contributed by atoms with Crippen LogP contribution in [0.2, 0.25) is 0 Å². The number of anilines is 1. The van der Waals surface area contributed by atoms with Crippen LogP contribution in [0.5, 0.6) is 5.75 Å². The highest BCUT2D eigenvalue weighted by Gasteiger charge is 2.20. The van der Waals surface area contributed by atoms with Crippen LogP contribution >= 0.6 is 11.5 Å². The number of benzene rings is 2. The number of piperazine rings is 1. The van der Waals surface area contributed by atoms with Crippen molar-refractivity contribution >= 4 is 22.6 Å². The average molecular weight is 470 g/mol. The lowest BCUT2D eigenvalue weighted by atomic mass is 10.1. The normalized spacial score (nSPS) is 14.3. The third-order valence-electron chi connectivity index (χ3n) is 5.62. The minimum absolute atomic E-state index is 0.0438. The van der Waals surface area contributed by atoms with E-state index < -0.39 is 0 Å². The van der Waals surface area contributed by atoms with E-state index in [9.17, 15) is 9.18 Å². The van der Waals surface area contributed by atoms with Crippen molar-refractivity contribution in [2.45, 2.75) is 12.8 Å². The predicted octanol–water partition coefficient (Wildman–Crippen LogP) is 2.76. The summed E-state index contributed by atoms with van der Waals surface area (Å²) in [4.78, 5) is 21.4. The number of halogens is 1. The number of amides is 1. The van der Waals surface area contributed by atoms with Gasteiger partial charge in [-0.15, -0.1) is 0 Å². The van der Waals surface area contributed by atoms with Gasteiger partial charge in [-0.1, -0.05) is 24.3 Å². The second-order valence-electron chi connectivity index (χ2n) is 8.00. The molecule has 0 saturated carbocycles. The Morgan fingerprint density at radius 2 is 1.91 bits per heavy atom. The summed E-state index contributed by atoms with van der Waals surface area (Å²) in [6.07, 6.45) is 0.953. The number of aromatic nitrogens is 2. The van der Waals surface area contributed by atoms with Crippen LogP contribution in [0.15, 0.2) is 48.5 Å². The highest BCUT2D eigenvalue weighted by atomic mass is 32.1. The van der Waals surface area contributed by atoms with E-state index in [2.05, 4.69) is 25.6 Å². The van der Waals surface area contributed by atoms with Gasteiger partial charge in [0.1, 0.15) is 17.4 Å². The average Bonchev–Trinajstić information content (AvgIpc) is 3.29. The molecule has 1 aromatic heterocycles. The molecule has 0 spiro atoms. The quantitative estimate of drug-likeness (QED) is 0.520. The largest absolute Gasteiger partial charge is 0.497 e. The van der Waals surface area contributed by atoms with E-state index >= 15 is 0 Å². The van der Waals surface area contributed by atoms with E-state index in [1.54, 1.807) is 19.2 Å². The summed E-state index contributed by atoms with van der Waals surface area (Å²) >= 11 is 1.44. The Balaban J connectivity index is 1.17. The zero-order valence-electron chi connectivity index (χ0n) is 18.7. The summed E-state index contributed by atoms with van der Waals surface area (Å²) in [7, 11) is 1.67. The van der Waals surface area contributed by atoms with Crippen molar-refractivity contribution in [3.63, 3.8) is 0 Å². The number of hydrogen-bond donors (Lipinski definition) is 1. The lowest BCUT2D eigenvalue weighted by Gasteiger charge is -2.34. The maximum absolute atomic E-state index is 13.0. The van der Waals surface area contributed by atoms with Crippen LogP contribution in [-0.4, -0.2) is 66.5 Å². The van der Waals surface area contributed by atoms with Crippen LogP contribution in [0.3, 0.4) is 0 Å². The Morgan fingerprint density at radius 1 is 1.12 bits per heavy atom. The molecule has 174 valence electrons. The van der Waals surface area contributed by atoms with Gasteiger partial charge in [0.05, 0.1) is 13.5 Å². The van der Waals surface area contributed by atoms with Crippen LogP contribution in [0.25, 0.3) is 0 Å². The molecule has 7 nitrogen and oxygen atoms in total. The molecule has 1 aliphatic rings. The van der Waals surface area contributed by atoms with Crippen molar-refractivity contribution in [1.82, 2.24) is 19.6 Å². The van der Waals surface area contributed by atoms with Gasteiger partial charge >= 0.3 is 0 Å². The topological polar surface area (TPSA) is 70.6 Å². The summed E-state index contributed by atoms with van der Waals surface area (Å²) in [5.41, 5.74) is 1.94. The number of nitrogens with one attached hydrogen (secondary N) is 1. The lowest BCUT2D eigenvalue weighted by molar-refractivity contribution is -0.120. The first-order valence-electron chi connectivity index (χ1n) is 11.0. The van der Waals surface area contributed by atoms with Crippen molar-refractivity contribution in [2.75, 3.05) is 51.3 Å². The molecule has 0 bridgehead atoms. The molecule has 0 unspecified atom stereocenters. The maximum atomic E-state index is 13.0. The van der Waals surface area contributed by atoms with Crippen molar-refractivity contribution in [2.24, 2.45) is 0 Å². The van der Waals surface area contributed by atoms with E-state index in [4.69, 9.17) is 9.72 Å². The Labute approximate surface area is 197 Å². The molecular weight excluding hydrogens is 441 g/mol. The lowest BCUT2D eigenvalue weighted by Crippen LogP contribution is -2.48. The minimum atomic E-state index is -0.292. The molecule has 1 N–H and O–H groups in total. The van der Waals surface area contributed by atoms with Crippen LogP contribution in [0.1, 0.15) is 17.0 Å². The molecule has 0 aliphatic carbocycles. The number of carbonyl (C=O) groups excluding carboxylic acids is 1. The van der Waals surface area contributed by atoms with Crippen molar-refractivity contribution in [1.29, 1.82) is 0 Å².